The van der Waals surface area contributed by atoms with E-state index >= 15 is 0 Å². The molecule has 5 rings (SSSR count). The van der Waals surface area contributed by atoms with Gasteiger partial charge in [-0.15, -0.1) is 0 Å². The van der Waals surface area contributed by atoms with Crippen molar-refractivity contribution < 1.29 is 9.84 Å². The van der Waals surface area contributed by atoms with Gasteiger partial charge in [-0.1, -0.05) is 96.6 Å². The first-order chi connectivity index (χ1) is 18.4. The molecule has 2 unspecified atom stereocenters. The number of nitrogens with zero attached hydrogens (tertiary/aromatic N) is 1. The van der Waals surface area contributed by atoms with Gasteiger partial charge in [-0.25, -0.2) is 0 Å². The Morgan fingerprint density at radius 1 is 0.789 bits per heavy atom. The molecule has 0 aliphatic carbocycles. The number of ether oxygens (including phenoxy) is 1. The summed E-state index contributed by atoms with van der Waals surface area (Å²) in [4.78, 5) is 2.15. The molecule has 38 heavy (non-hydrogen) atoms. The zero-order valence-corrected chi connectivity index (χ0v) is 23.8. The molecule has 0 saturated heterocycles. The van der Waals surface area contributed by atoms with E-state index in [0.717, 1.165) is 50.5 Å². The van der Waals surface area contributed by atoms with Crippen molar-refractivity contribution in [2.45, 2.75) is 24.9 Å². The van der Waals surface area contributed by atoms with Crippen molar-refractivity contribution in [1.82, 2.24) is 4.90 Å². The minimum absolute atomic E-state index is 0.279. The van der Waals surface area contributed by atoms with E-state index in [1.807, 2.05) is 6.07 Å². The molecule has 2 atom stereocenters. The lowest BCUT2D eigenvalue weighted by molar-refractivity contribution is 0.00591. The molecule has 4 heteroatoms. The first-order valence-electron chi connectivity index (χ1n) is 13.0. The van der Waals surface area contributed by atoms with Crippen molar-refractivity contribution in [3.05, 3.63) is 125 Å². The molecule has 0 radical (unpaired) electrons. The monoisotopic (exact) mass is 567 g/mol. The lowest BCUT2D eigenvalue weighted by Crippen LogP contribution is -2.37. The summed E-state index contributed by atoms with van der Waals surface area (Å²) in [5, 5.41) is 17.5. The average molecular weight is 569 g/mol. The van der Waals surface area contributed by atoms with Crippen molar-refractivity contribution in [1.29, 1.82) is 0 Å². The molecule has 0 amide bonds. The molecule has 0 bridgehead atoms. The zero-order valence-electron chi connectivity index (χ0n) is 22.2. The van der Waals surface area contributed by atoms with E-state index in [2.05, 4.69) is 139 Å². The van der Waals surface area contributed by atoms with E-state index in [0.29, 0.717) is 11.9 Å². The SMILES string of the molecule is Cc1cccc(C(c2ccc3ccc(OCBr)cc3c2)C(O)(CCN(C)C)c2cccc3ccccc23)c1. The van der Waals surface area contributed by atoms with Crippen LogP contribution in [-0.2, 0) is 5.60 Å². The van der Waals surface area contributed by atoms with Gasteiger partial charge in [-0.05, 0) is 93.7 Å². The molecule has 0 aliphatic rings. The van der Waals surface area contributed by atoms with Gasteiger partial charge in [0, 0.05) is 12.5 Å². The van der Waals surface area contributed by atoms with Crippen LogP contribution in [0.25, 0.3) is 21.5 Å². The fourth-order valence-electron chi connectivity index (χ4n) is 5.60. The van der Waals surface area contributed by atoms with Crippen LogP contribution in [0, 0.1) is 6.92 Å². The van der Waals surface area contributed by atoms with Gasteiger partial charge in [0.2, 0.25) is 0 Å². The zero-order chi connectivity index (χ0) is 26.7. The summed E-state index contributed by atoms with van der Waals surface area (Å²) in [6, 6.07) is 35.9. The van der Waals surface area contributed by atoms with Crippen LogP contribution in [0.2, 0.25) is 0 Å². The highest BCUT2D eigenvalue weighted by Crippen LogP contribution is 2.47. The lowest BCUT2D eigenvalue weighted by atomic mass is 9.70. The van der Waals surface area contributed by atoms with Crippen LogP contribution in [0.5, 0.6) is 5.75 Å². The van der Waals surface area contributed by atoms with E-state index in [4.69, 9.17) is 4.74 Å². The average Bonchev–Trinajstić information content (AvgIpc) is 2.92. The number of fused-ring (bicyclic) bond motifs is 2. The van der Waals surface area contributed by atoms with Crippen molar-refractivity contribution >= 4 is 37.5 Å². The second kappa shape index (κ2) is 11.3. The molecule has 0 saturated carbocycles. The molecule has 3 nitrogen and oxygen atoms in total. The Kier molecular flexibility index (Phi) is 7.85. The summed E-state index contributed by atoms with van der Waals surface area (Å²) in [7, 11) is 4.12. The van der Waals surface area contributed by atoms with Crippen LogP contribution in [-0.4, -0.2) is 36.2 Å². The molecule has 194 valence electrons. The van der Waals surface area contributed by atoms with E-state index in [1.54, 1.807) is 0 Å². The normalized spacial score (nSPS) is 14.1. The van der Waals surface area contributed by atoms with Crippen LogP contribution >= 0.6 is 15.9 Å². The fraction of sp³-hybridized carbons (Fsp3) is 0.235. The van der Waals surface area contributed by atoms with Gasteiger partial charge in [-0.3, -0.25) is 0 Å². The van der Waals surface area contributed by atoms with Gasteiger partial charge >= 0.3 is 0 Å². The van der Waals surface area contributed by atoms with Crippen LogP contribution in [0.4, 0.5) is 0 Å². The van der Waals surface area contributed by atoms with Gasteiger partial charge in [0.15, 0.2) is 0 Å². The quantitative estimate of drug-likeness (QED) is 0.183. The van der Waals surface area contributed by atoms with E-state index < -0.39 is 5.60 Å². The van der Waals surface area contributed by atoms with Crippen molar-refractivity contribution in [2.24, 2.45) is 0 Å². The van der Waals surface area contributed by atoms with Crippen molar-refractivity contribution in [3.8, 4) is 5.75 Å². The first kappa shape index (κ1) is 26.4. The van der Waals surface area contributed by atoms with Gasteiger partial charge < -0.3 is 14.7 Å². The third-order valence-corrected chi connectivity index (χ3v) is 7.67. The highest BCUT2D eigenvalue weighted by atomic mass is 79.9. The third-order valence-electron chi connectivity index (χ3n) is 7.44. The Bertz CT molecular complexity index is 1560. The summed E-state index contributed by atoms with van der Waals surface area (Å²) < 4.78 is 5.73. The summed E-state index contributed by atoms with van der Waals surface area (Å²) in [5.41, 5.74) is 3.60. The Hall–Kier alpha value is -3.18. The summed E-state index contributed by atoms with van der Waals surface area (Å²) in [5.74, 6) is 0.536. The molecule has 0 spiro atoms. The molecule has 0 fully saturated rings. The minimum Gasteiger partial charge on any atom is -0.482 e. The number of benzene rings is 5. The van der Waals surface area contributed by atoms with E-state index in [9.17, 15) is 5.11 Å². The van der Waals surface area contributed by atoms with Crippen molar-refractivity contribution in [2.75, 3.05) is 26.2 Å². The summed E-state index contributed by atoms with van der Waals surface area (Å²) in [6.07, 6.45) is 0.581. The van der Waals surface area contributed by atoms with Gasteiger partial charge in [0.1, 0.15) is 16.9 Å². The third kappa shape index (κ3) is 5.35. The predicted molar refractivity (Wildman–Crippen MR) is 162 cm³/mol. The first-order valence-corrected chi connectivity index (χ1v) is 14.2. The molecular weight excluding hydrogens is 534 g/mol. The minimum atomic E-state index is -1.16. The van der Waals surface area contributed by atoms with Crippen LogP contribution in [0.3, 0.4) is 0 Å². The smallest absolute Gasteiger partial charge is 0.143 e. The van der Waals surface area contributed by atoms with Gasteiger partial charge in [0.05, 0.1) is 0 Å². The Labute approximate surface area is 233 Å². The highest BCUT2D eigenvalue weighted by Gasteiger charge is 2.41. The number of hydrogen-bond acceptors (Lipinski definition) is 3. The molecule has 5 aromatic rings. The maximum Gasteiger partial charge on any atom is 0.143 e. The topological polar surface area (TPSA) is 32.7 Å². The van der Waals surface area contributed by atoms with Crippen LogP contribution in [0.15, 0.2) is 103 Å². The van der Waals surface area contributed by atoms with Gasteiger partial charge in [0.25, 0.3) is 0 Å². The molecule has 0 aliphatic heterocycles. The molecule has 0 aromatic heterocycles. The number of rotatable bonds is 9. The lowest BCUT2D eigenvalue weighted by Gasteiger charge is -2.39. The molecule has 1 N–H and O–H groups in total. The van der Waals surface area contributed by atoms with Crippen LogP contribution < -0.4 is 4.74 Å². The Balaban J connectivity index is 1.78. The second-order valence-electron chi connectivity index (χ2n) is 10.4. The number of aliphatic hydroxyl groups is 1. The maximum absolute atomic E-state index is 13.0. The largest absolute Gasteiger partial charge is 0.482 e. The van der Waals surface area contributed by atoms with E-state index in [1.165, 1.54) is 5.56 Å². The fourth-order valence-corrected chi connectivity index (χ4v) is 5.87. The predicted octanol–water partition coefficient (Wildman–Crippen LogP) is 8.00. The molecule has 5 aromatic carbocycles. The van der Waals surface area contributed by atoms with E-state index in [-0.39, 0.29) is 5.92 Å². The van der Waals surface area contributed by atoms with Crippen molar-refractivity contribution in [3.63, 3.8) is 0 Å². The highest BCUT2D eigenvalue weighted by molar-refractivity contribution is 9.09. The molecule has 0 heterocycles. The Morgan fingerprint density at radius 3 is 2.32 bits per heavy atom. The molecular formula is C34H34BrNO2. The van der Waals surface area contributed by atoms with Crippen LogP contribution in [0.1, 0.15) is 34.6 Å². The maximum atomic E-state index is 13.0. The standard InChI is InChI=1S/C34H34BrNO2/c1-24-8-6-11-27(20-24)33(28-15-14-25-16-17-30(38-23-35)22-29(25)21-28)34(37,18-19-36(2)3)32-13-7-10-26-9-4-5-12-31(26)32/h4-17,20-22,33,37H,18-19,23H2,1-3H3. The summed E-state index contributed by atoms with van der Waals surface area (Å²) in [6.45, 7) is 2.86. The number of alkyl halides is 1. The Morgan fingerprint density at radius 2 is 1.53 bits per heavy atom. The number of hydrogen-bond donors (Lipinski definition) is 1. The number of aryl methyl sites for hydroxylation is 1. The second-order valence-corrected chi connectivity index (χ2v) is 10.8. The number of halogens is 1. The van der Waals surface area contributed by atoms with Gasteiger partial charge in [-0.2, -0.15) is 0 Å². The summed E-state index contributed by atoms with van der Waals surface area (Å²) >= 11 is 3.37.